The van der Waals surface area contributed by atoms with Crippen LogP contribution in [0.4, 0.5) is 0 Å². The van der Waals surface area contributed by atoms with Crippen molar-refractivity contribution in [1.29, 1.82) is 0 Å². The number of sulfonamides is 1. The van der Waals surface area contributed by atoms with Crippen LogP contribution in [0.5, 0.6) is 11.5 Å². The minimum Gasteiger partial charge on any atom is -0.493 e. The number of fused-ring (bicyclic) bond motifs is 1. The molecule has 0 radical (unpaired) electrons. The van der Waals surface area contributed by atoms with E-state index < -0.39 is 21.6 Å². The van der Waals surface area contributed by atoms with Crippen molar-refractivity contribution in [3.63, 3.8) is 0 Å². The zero-order valence-corrected chi connectivity index (χ0v) is 16.5. The Morgan fingerprint density at radius 3 is 2.64 bits per heavy atom. The molecule has 1 aliphatic heterocycles. The summed E-state index contributed by atoms with van der Waals surface area (Å²) in [6, 6.07) is 13.3. The number of benzene rings is 2. The topological polar surface area (TPSA) is 102 Å². The minimum absolute atomic E-state index is 0.0521. The summed E-state index contributed by atoms with van der Waals surface area (Å²) in [5.41, 5.74) is -0.504. The molecule has 1 atom stereocenters. The molecule has 3 rings (SSSR count). The first kappa shape index (κ1) is 20.2. The Labute approximate surface area is 164 Å². The van der Waals surface area contributed by atoms with Crippen LogP contribution >= 0.6 is 0 Å². The van der Waals surface area contributed by atoms with Crippen molar-refractivity contribution in [2.45, 2.75) is 36.7 Å². The molecule has 1 unspecified atom stereocenters. The molecule has 0 bridgehead atoms. The fourth-order valence-corrected chi connectivity index (χ4v) is 4.05. The SMILES string of the molecule is CC(C)(Oc1ccc2c(c1)OCCC2CNS(=O)(=O)c1ccccc1)C(=O)O. The van der Waals surface area contributed by atoms with Crippen molar-refractivity contribution < 1.29 is 27.8 Å². The first-order valence-electron chi connectivity index (χ1n) is 8.93. The van der Waals surface area contributed by atoms with Crippen molar-refractivity contribution in [3.05, 3.63) is 54.1 Å². The van der Waals surface area contributed by atoms with Crippen LogP contribution in [-0.2, 0) is 14.8 Å². The molecule has 2 aromatic carbocycles. The van der Waals surface area contributed by atoms with Gasteiger partial charge in [0.25, 0.3) is 0 Å². The average molecular weight is 405 g/mol. The fraction of sp³-hybridized carbons (Fsp3) is 0.350. The van der Waals surface area contributed by atoms with Gasteiger partial charge in [-0.25, -0.2) is 17.9 Å². The number of carboxylic acids is 1. The van der Waals surface area contributed by atoms with Gasteiger partial charge >= 0.3 is 5.97 Å². The second kappa shape index (κ2) is 7.81. The lowest BCUT2D eigenvalue weighted by Gasteiger charge is -2.28. The van der Waals surface area contributed by atoms with Gasteiger partial charge in [-0.05, 0) is 44.0 Å². The molecule has 8 heteroatoms. The zero-order valence-electron chi connectivity index (χ0n) is 15.7. The molecule has 0 saturated carbocycles. The zero-order chi connectivity index (χ0) is 20.4. The Morgan fingerprint density at radius 1 is 1.25 bits per heavy atom. The second-order valence-electron chi connectivity index (χ2n) is 7.12. The van der Waals surface area contributed by atoms with E-state index in [0.717, 1.165) is 5.56 Å². The Hall–Kier alpha value is -2.58. The van der Waals surface area contributed by atoms with Gasteiger partial charge in [-0.2, -0.15) is 0 Å². The van der Waals surface area contributed by atoms with Crippen molar-refractivity contribution in [3.8, 4) is 11.5 Å². The average Bonchev–Trinajstić information content (AvgIpc) is 2.66. The smallest absolute Gasteiger partial charge is 0.347 e. The molecule has 2 aromatic rings. The summed E-state index contributed by atoms with van der Waals surface area (Å²) in [6.07, 6.45) is 0.672. The number of hydrogen-bond donors (Lipinski definition) is 2. The third-order valence-corrected chi connectivity index (χ3v) is 6.05. The summed E-state index contributed by atoms with van der Waals surface area (Å²) < 4.78 is 38.8. The van der Waals surface area contributed by atoms with Crippen molar-refractivity contribution >= 4 is 16.0 Å². The molecule has 0 aliphatic carbocycles. The van der Waals surface area contributed by atoms with Gasteiger partial charge in [0, 0.05) is 18.5 Å². The van der Waals surface area contributed by atoms with Crippen LogP contribution in [0.1, 0.15) is 31.7 Å². The molecule has 0 fully saturated rings. The molecule has 28 heavy (non-hydrogen) atoms. The van der Waals surface area contributed by atoms with Crippen molar-refractivity contribution in [1.82, 2.24) is 4.72 Å². The molecular weight excluding hydrogens is 382 g/mol. The summed E-state index contributed by atoms with van der Waals surface area (Å²) in [5.74, 6) is -0.159. The van der Waals surface area contributed by atoms with E-state index >= 15 is 0 Å². The van der Waals surface area contributed by atoms with Crippen LogP contribution in [0.2, 0.25) is 0 Å². The molecular formula is C20H23NO6S. The first-order valence-corrected chi connectivity index (χ1v) is 10.4. The maximum absolute atomic E-state index is 12.4. The van der Waals surface area contributed by atoms with Gasteiger partial charge in [-0.15, -0.1) is 0 Å². The molecule has 1 heterocycles. The van der Waals surface area contributed by atoms with E-state index in [0.29, 0.717) is 24.5 Å². The van der Waals surface area contributed by atoms with E-state index in [-0.39, 0.29) is 17.4 Å². The number of carboxylic acid groups (broad SMARTS) is 1. The summed E-state index contributed by atoms with van der Waals surface area (Å²) >= 11 is 0. The third-order valence-electron chi connectivity index (χ3n) is 4.61. The van der Waals surface area contributed by atoms with E-state index in [1.165, 1.54) is 13.8 Å². The highest BCUT2D eigenvalue weighted by Crippen LogP contribution is 2.37. The normalized spacial score (nSPS) is 16.7. The molecule has 0 saturated heterocycles. The summed E-state index contributed by atoms with van der Waals surface area (Å²) in [4.78, 5) is 11.5. The van der Waals surface area contributed by atoms with Gasteiger partial charge in [-0.1, -0.05) is 24.3 Å². The molecule has 0 spiro atoms. The summed E-state index contributed by atoms with van der Waals surface area (Å²) in [5, 5.41) is 9.20. The number of aliphatic carboxylic acids is 1. The Balaban J connectivity index is 1.74. The van der Waals surface area contributed by atoms with Crippen molar-refractivity contribution in [2.24, 2.45) is 0 Å². The quantitative estimate of drug-likeness (QED) is 0.734. The number of nitrogens with one attached hydrogen (secondary N) is 1. The molecule has 7 nitrogen and oxygen atoms in total. The molecule has 2 N–H and O–H groups in total. The van der Waals surface area contributed by atoms with E-state index in [4.69, 9.17) is 9.47 Å². The predicted molar refractivity (Wildman–Crippen MR) is 103 cm³/mol. The highest BCUT2D eigenvalue weighted by atomic mass is 32.2. The van der Waals surface area contributed by atoms with Crippen molar-refractivity contribution in [2.75, 3.05) is 13.2 Å². The van der Waals surface area contributed by atoms with Crippen LogP contribution in [-0.4, -0.2) is 38.2 Å². The first-order chi connectivity index (χ1) is 13.2. The Kier molecular flexibility index (Phi) is 5.62. The van der Waals surface area contributed by atoms with E-state index in [1.54, 1.807) is 48.5 Å². The predicted octanol–water partition coefficient (Wildman–Crippen LogP) is 2.77. The highest BCUT2D eigenvalue weighted by molar-refractivity contribution is 7.89. The maximum atomic E-state index is 12.4. The van der Waals surface area contributed by atoms with Gasteiger partial charge < -0.3 is 14.6 Å². The van der Waals surface area contributed by atoms with E-state index in [1.807, 2.05) is 0 Å². The lowest BCUT2D eigenvalue weighted by molar-refractivity contribution is -0.152. The van der Waals surface area contributed by atoms with Crippen LogP contribution in [0.3, 0.4) is 0 Å². The third kappa shape index (κ3) is 4.45. The highest BCUT2D eigenvalue weighted by Gasteiger charge is 2.30. The number of rotatable bonds is 7. The molecule has 1 aliphatic rings. The molecule has 0 amide bonds. The van der Waals surface area contributed by atoms with Gasteiger partial charge in [0.1, 0.15) is 11.5 Å². The lowest BCUT2D eigenvalue weighted by Crippen LogP contribution is -2.37. The van der Waals surface area contributed by atoms with E-state index in [9.17, 15) is 18.3 Å². The monoisotopic (exact) mass is 405 g/mol. The second-order valence-corrected chi connectivity index (χ2v) is 8.88. The summed E-state index contributed by atoms with van der Waals surface area (Å²) in [6.45, 7) is 3.62. The summed E-state index contributed by atoms with van der Waals surface area (Å²) in [7, 11) is -3.58. The standard InChI is InChI=1S/C20H23NO6S/c1-20(2,19(22)23)27-15-8-9-17-14(10-11-26-18(17)12-15)13-21-28(24,25)16-6-4-3-5-7-16/h3-9,12,14,21H,10-11,13H2,1-2H3,(H,22,23). The van der Waals surface area contributed by atoms with Crippen LogP contribution in [0.15, 0.2) is 53.4 Å². The Morgan fingerprint density at radius 2 is 1.96 bits per heavy atom. The largest absolute Gasteiger partial charge is 0.493 e. The number of carbonyl (C=O) groups is 1. The van der Waals surface area contributed by atoms with Crippen LogP contribution in [0, 0.1) is 0 Å². The lowest BCUT2D eigenvalue weighted by atomic mass is 9.93. The van der Waals surface area contributed by atoms with Crippen LogP contribution < -0.4 is 14.2 Å². The van der Waals surface area contributed by atoms with Gasteiger partial charge in [0.2, 0.25) is 10.0 Å². The fourth-order valence-electron chi connectivity index (χ4n) is 2.95. The Bertz CT molecular complexity index is 956. The van der Waals surface area contributed by atoms with E-state index in [2.05, 4.69) is 4.72 Å². The van der Waals surface area contributed by atoms with Crippen LogP contribution in [0.25, 0.3) is 0 Å². The minimum atomic E-state index is -3.58. The number of hydrogen-bond acceptors (Lipinski definition) is 5. The van der Waals surface area contributed by atoms with Gasteiger partial charge in [0.15, 0.2) is 5.60 Å². The molecule has 0 aromatic heterocycles. The van der Waals surface area contributed by atoms with Gasteiger partial charge in [-0.3, -0.25) is 0 Å². The molecule has 150 valence electrons. The number of ether oxygens (including phenoxy) is 2. The van der Waals surface area contributed by atoms with Gasteiger partial charge in [0.05, 0.1) is 11.5 Å². The maximum Gasteiger partial charge on any atom is 0.347 e.